The van der Waals surface area contributed by atoms with Crippen molar-refractivity contribution in [2.24, 2.45) is 0 Å². The molecule has 0 aliphatic carbocycles. The summed E-state index contributed by atoms with van der Waals surface area (Å²) in [7, 11) is 11.8. The highest BCUT2D eigenvalue weighted by Crippen LogP contribution is 2.48. The summed E-state index contributed by atoms with van der Waals surface area (Å²) in [5, 5.41) is 11.5. The lowest BCUT2D eigenvalue weighted by Crippen LogP contribution is -2.66. The molecule has 0 spiro atoms. The smallest absolute Gasteiger partial charge is 0.292 e. The molecule has 0 heterocycles. The lowest BCUT2D eigenvalue weighted by Gasteiger charge is -2.54. The van der Waals surface area contributed by atoms with Crippen LogP contribution in [0.1, 0.15) is 20.8 Å². The highest BCUT2D eigenvalue weighted by molar-refractivity contribution is 6.65. The Morgan fingerprint density at radius 2 is 1.35 bits per heavy atom. The molecule has 9 heteroatoms. The van der Waals surface area contributed by atoms with E-state index in [9.17, 15) is 9.90 Å². The van der Waals surface area contributed by atoms with Gasteiger partial charge in [-0.3, -0.25) is 4.79 Å². The van der Waals surface area contributed by atoms with Crippen LogP contribution in [0.25, 0.3) is 0 Å². The predicted molar refractivity (Wildman–Crippen MR) is 89.9 cm³/mol. The van der Waals surface area contributed by atoms with Crippen molar-refractivity contribution >= 4 is 53.0 Å². The van der Waals surface area contributed by atoms with Crippen LogP contribution in [0.3, 0.4) is 0 Å². The highest BCUT2D eigenvalue weighted by Gasteiger charge is 2.51. The lowest BCUT2D eigenvalue weighted by molar-refractivity contribution is -0.138. The van der Waals surface area contributed by atoms with E-state index in [0.717, 1.165) is 0 Å². The van der Waals surface area contributed by atoms with Crippen molar-refractivity contribution in [3.8, 4) is 0 Å². The average Bonchev–Trinajstić information content (AvgIpc) is 1.98. The Bertz CT molecular complexity index is 310. The fraction of sp³-hybridized carbons (Fsp3) is 0.875. The minimum atomic E-state index is -0.797. The zero-order chi connectivity index (χ0) is 14.3. The van der Waals surface area contributed by atoms with Gasteiger partial charge < -0.3 is 10.4 Å². The number of carboxylic acids is 1. The van der Waals surface area contributed by atoms with Crippen LogP contribution < -0.4 is 5.32 Å². The van der Waals surface area contributed by atoms with Gasteiger partial charge in [0.25, 0.3) is 5.97 Å². The average molecular weight is 230 g/mol. The van der Waals surface area contributed by atoms with Crippen LogP contribution in [0.2, 0.25) is 10.4 Å². The van der Waals surface area contributed by atoms with Crippen molar-refractivity contribution < 1.29 is 9.90 Å². The summed E-state index contributed by atoms with van der Waals surface area (Å²) >= 11 is 0. The Kier molecular flexibility index (Phi) is 4.44. The molecule has 2 N–H and O–H groups in total. The van der Waals surface area contributed by atoms with Crippen LogP contribution in [0.15, 0.2) is 0 Å². The van der Waals surface area contributed by atoms with Crippen molar-refractivity contribution in [3.63, 3.8) is 0 Å². The monoisotopic (exact) mass is 231 g/mol. The molecule has 0 aromatic carbocycles. The zero-order valence-corrected chi connectivity index (χ0v) is 12.9. The molecule has 0 aromatic heterocycles. The van der Waals surface area contributed by atoms with E-state index in [1.165, 1.54) is 0 Å². The van der Waals surface area contributed by atoms with Crippen LogP contribution in [0.5, 0.6) is 0 Å². The fourth-order valence-electron chi connectivity index (χ4n) is 2.14. The third-order valence-corrected chi connectivity index (χ3v) is 4.35. The molecule has 0 atom stereocenters. The van der Waals surface area contributed by atoms with Gasteiger partial charge in [-0.25, -0.2) is 0 Å². The second kappa shape index (κ2) is 4.49. The van der Waals surface area contributed by atoms with Crippen LogP contribution in [0.4, 0.5) is 0 Å². The number of carbonyl (C=O) groups is 1. The van der Waals surface area contributed by atoms with E-state index in [0.29, 0.717) is 0 Å². The maximum Gasteiger partial charge on any atom is 0.292 e. The number of hydrogen-bond donors (Lipinski definition) is 2. The van der Waals surface area contributed by atoms with Gasteiger partial charge in [-0.1, -0.05) is 5.21 Å². The highest BCUT2D eigenvalue weighted by atomic mass is 16.4. The number of nitrogens with one attached hydrogen (secondary N) is 1. The summed E-state index contributed by atoms with van der Waals surface area (Å²) in [5.74, 6) is -0.758. The summed E-state index contributed by atoms with van der Waals surface area (Å²) < 4.78 is 0. The first-order valence-corrected chi connectivity index (χ1v) is 6.18. The van der Waals surface area contributed by atoms with Crippen LogP contribution >= 0.6 is 0 Å². The van der Waals surface area contributed by atoms with Crippen molar-refractivity contribution in [1.29, 1.82) is 0 Å². The molecule has 3 nitrogen and oxygen atoms in total. The Labute approximate surface area is 111 Å². The zero-order valence-electron chi connectivity index (χ0n) is 12.9. The minimum absolute atomic E-state index is 0.0463. The van der Waals surface area contributed by atoms with E-state index >= 15 is 0 Å². The van der Waals surface area contributed by atoms with E-state index in [4.69, 9.17) is 0 Å². The van der Waals surface area contributed by atoms with Gasteiger partial charge >= 0.3 is 0 Å². The lowest BCUT2D eigenvalue weighted by atomic mass is 9.20. The molecule has 0 saturated heterocycles. The summed E-state index contributed by atoms with van der Waals surface area (Å²) in [4.78, 5) is 11.5. The van der Waals surface area contributed by atoms with Crippen molar-refractivity contribution in [1.82, 2.24) is 5.32 Å². The van der Waals surface area contributed by atoms with Crippen LogP contribution in [-0.2, 0) is 4.79 Å². The summed E-state index contributed by atoms with van der Waals surface area (Å²) in [6.07, 6.45) is 0. The molecular weight excluding hydrogens is 207 g/mol. The van der Waals surface area contributed by atoms with Gasteiger partial charge in [0, 0.05) is 10.8 Å². The van der Waals surface area contributed by atoms with Gasteiger partial charge in [0.15, 0.2) is 0 Å². The summed E-state index contributed by atoms with van der Waals surface area (Å²) in [6, 6.07) is 0. The second-order valence-corrected chi connectivity index (χ2v) is 7.56. The van der Waals surface area contributed by atoms with Gasteiger partial charge in [0.2, 0.25) is 0 Å². The first-order valence-electron chi connectivity index (χ1n) is 6.18. The fourth-order valence-corrected chi connectivity index (χ4v) is 2.14. The van der Waals surface area contributed by atoms with E-state index in [2.05, 4.69) is 41.8 Å². The van der Waals surface area contributed by atoms with Crippen molar-refractivity contribution in [3.05, 3.63) is 0 Å². The molecule has 0 fully saturated rings. The van der Waals surface area contributed by atoms with Gasteiger partial charge in [0.05, 0.1) is 15.7 Å². The Balaban J connectivity index is 5.37. The number of aliphatic carboxylic acids is 1. The molecule has 17 heavy (non-hydrogen) atoms. The molecule has 0 radical (unpaired) electrons. The number of carboxylic acid groups (broad SMARTS) is 1. The maximum absolute atomic E-state index is 11.5. The van der Waals surface area contributed by atoms with Gasteiger partial charge in [-0.05, 0) is 26.1 Å². The molecule has 0 rings (SSSR count). The molecule has 0 aliphatic heterocycles. The van der Waals surface area contributed by atoms with Gasteiger partial charge in [-0.15, -0.1) is 0 Å². The van der Waals surface area contributed by atoms with E-state index in [1.54, 1.807) is 15.7 Å². The Hall–Kier alpha value is -0.180. The maximum atomic E-state index is 11.5. The normalized spacial score (nSPS) is 14.5. The van der Waals surface area contributed by atoms with E-state index in [1.807, 2.05) is 15.7 Å². The largest absolute Gasteiger partial charge is 0.482 e. The van der Waals surface area contributed by atoms with Crippen molar-refractivity contribution in [2.75, 3.05) is 0 Å². The predicted octanol–water partition coefficient (Wildman–Crippen LogP) is -4.86. The third-order valence-electron chi connectivity index (χ3n) is 4.35. The van der Waals surface area contributed by atoms with Crippen LogP contribution in [0, 0.1) is 0 Å². The molecule has 0 aliphatic rings. The van der Waals surface area contributed by atoms with Crippen LogP contribution in [-0.4, -0.2) is 69.0 Å². The second-order valence-electron chi connectivity index (χ2n) is 7.56. The summed E-state index contributed by atoms with van der Waals surface area (Å²) in [6.45, 7) is 6.29. The number of hydrogen-bond acceptors (Lipinski definition) is 2. The first kappa shape index (κ1) is 16.8. The van der Waals surface area contributed by atoms with Crippen molar-refractivity contribution in [2.45, 2.75) is 42.1 Å². The quantitative estimate of drug-likeness (QED) is 0.476. The summed E-state index contributed by atoms with van der Waals surface area (Å²) in [5.41, 5.74) is -0.0463. The van der Waals surface area contributed by atoms with Gasteiger partial charge in [-0.2, -0.15) is 0 Å². The van der Waals surface area contributed by atoms with E-state index in [-0.39, 0.29) is 16.1 Å². The topological polar surface area (TPSA) is 49.3 Å². The molecule has 0 bridgehead atoms. The molecule has 90 valence electrons. The third kappa shape index (κ3) is 3.40. The first-order chi connectivity index (χ1) is 7.15. The molecular formula is C8H23B6NO2. The Morgan fingerprint density at radius 3 is 1.59 bits per heavy atom. The number of rotatable bonds is 4. The van der Waals surface area contributed by atoms with Gasteiger partial charge in [0.1, 0.15) is 31.4 Å². The Morgan fingerprint density at radius 1 is 1.00 bits per heavy atom. The molecule has 0 aromatic rings. The molecule has 0 saturated carbocycles. The standard InChI is InChI=1S/C8H23B6NO2/c1-5(2,3)15-8(13,14)7(11,12)6(9,10)4(16)17/h15H,9-14H2,1-3H3,(H,16,17). The molecule has 0 unspecified atom stereocenters. The SMILES string of the molecule is BC(B)(NC(C)(C)C)C(B)(B)C(B)(B)C(=O)O. The minimum Gasteiger partial charge on any atom is -0.482 e. The molecule has 0 amide bonds. The van der Waals surface area contributed by atoms with E-state index < -0.39 is 11.2 Å².